The van der Waals surface area contributed by atoms with E-state index in [2.05, 4.69) is 26.1 Å². The molecule has 3 nitrogen and oxygen atoms in total. The molecule has 3 N–H and O–H groups in total. The molecule has 0 bridgehead atoms. The molecule has 0 heterocycles. The van der Waals surface area contributed by atoms with Gasteiger partial charge in [-0.15, -0.1) is 0 Å². The Balaban J connectivity index is 1.89. The average molecular weight is 277 g/mol. The van der Waals surface area contributed by atoms with Crippen molar-refractivity contribution in [2.75, 3.05) is 6.54 Å². The molecule has 0 aromatic heterocycles. The number of phenolic OH excluding ortho intramolecular Hbond substituents is 1. The van der Waals surface area contributed by atoms with E-state index < -0.39 is 5.60 Å². The quantitative estimate of drug-likeness (QED) is 0.791. The van der Waals surface area contributed by atoms with Crippen LogP contribution in [0.5, 0.6) is 5.75 Å². The van der Waals surface area contributed by atoms with Crippen molar-refractivity contribution in [3.05, 3.63) is 29.8 Å². The van der Waals surface area contributed by atoms with Gasteiger partial charge in [0.15, 0.2) is 0 Å². The number of nitrogens with one attached hydrogen (secondary N) is 1. The van der Waals surface area contributed by atoms with Crippen LogP contribution in [0.3, 0.4) is 0 Å². The molecule has 1 saturated carbocycles. The minimum Gasteiger partial charge on any atom is -0.508 e. The maximum absolute atomic E-state index is 10.6. The monoisotopic (exact) mass is 277 g/mol. The van der Waals surface area contributed by atoms with E-state index >= 15 is 0 Å². The van der Waals surface area contributed by atoms with Crippen LogP contribution < -0.4 is 5.32 Å². The molecular weight excluding hydrogens is 250 g/mol. The van der Waals surface area contributed by atoms with Crippen LogP contribution in [-0.4, -0.2) is 22.4 Å². The molecule has 1 aromatic carbocycles. The van der Waals surface area contributed by atoms with Gasteiger partial charge in [-0.05, 0) is 55.7 Å². The third kappa shape index (κ3) is 3.97. The Labute approximate surface area is 122 Å². The molecule has 0 spiro atoms. The Morgan fingerprint density at radius 2 is 1.85 bits per heavy atom. The van der Waals surface area contributed by atoms with Crippen LogP contribution in [0.25, 0.3) is 0 Å². The Morgan fingerprint density at radius 1 is 1.20 bits per heavy atom. The van der Waals surface area contributed by atoms with Gasteiger partial charge in [-0.1, -0.05) is 26.0 Å². The van der Waals surface area contributed by atoms with Gasteiger partial charge in [-0.2, -0.15) is 0 Å². The molecule has 1 aromatic rings. The summed E-state index contributed by atoms with van der Waals surface area (Å²) < 4.78 is 0. The van der Waals surface area contributed by atoms with Gasteiger partial charge in [0.2, 0.25) is 0 Å². The van der Waals surface area contributed by atoms with E-state index in [1.807, 2.05) is 12.1 Å². The summed E-state index contributed by atoms with van der Waals surface area (Å²) in [6.45, 7) is 7.22. The fourth-order valence-electron chi connectivity index (χ4n) is 2.82. The third-order valence-electron chi connectivity index (χ3n) is 4.64. The lowest BCUT2D eigenvalue weighted by molar-refractivity contribution is -0.0258. The lowest BCUT2D eigenvalue weighted by Crippen LogP contribution is -2.45. The number of hydrogen-bond donors (Lipinski definition) is 3. The van der Waals surface area contributed by atoms with Crippen molar-refractivity contribution in [3.8, 4) is 5.75 Å². The number of phenols is 1. The van der Waals surface area contributed by atoms with E-state index in [-0.39, 0.29) is 11.8 Å². The zero-order chi connectivity index (χ0) is 14.8. The molecule has 0 radical (unpaired) electrons. The summed E-state index contributed by atoms with van der Waals surface area (Å²) in [5.41, 5.74) is 0.827. The van der Waals surface area contributed by atoms with Crippen LogP contribution in [0.4, 0.5) is 0 Å². The van der Waals surface area contributed by atoms with Crippen LogP contribution >= 0.6 is 0 Å². The molecule has 1 fully saturated rings. The van der Waals surface area contributed by atoms with Crippen LogP contribution in [0.2, 0.25) is 0 Å². The normalized spacial score (nSPS) is 22.4. The molecule has 1 unspecified atom stereocenters. The van der Waals surface area contributed by atoms with Crippen molar-refractivity contribution in [1.82, 2.24) is 5.32 Å². The first-order chi connectivity index (χ1) is 9.30. The summed E-state index contributed by atoms with van der Waals surface area (Å²) in [4.78, 5) is 0. The maximum Gasteiger partial charge on any atom is 0.115 e. The summed E-state index contributed by atoms with van der Waals surface area (Å²) in [6, 6.07) is 7.41. The minimum absolute atomic E-state index is 0.126. The summed E-state index contributed by atoms with van der Waals surface area (Å²) in [7, 11) is 0. The highest BCUT2D eigenvalue weighted by atomic mass is 16.3. The number of aliphatic hydroxyl groups is 1. The molecule has 20 heavy (non-hydrogen) atoms. The molecule has 1 atom stereocenters. The van der Waals surface area contributed by atoms with E-state index in [4.69, 9.17) is 0 Å². The molecule has 0 saturated heterocycles. The van der Waals surface area contributed by atoms with Crippen molar-refractivity contribution in [1.29, 1.82) is 0 Å². The summed E-state index contributed by atoms with van der Waals surface area (Å²) in [5.74, 6) is 0.286. The van der Waals surface area contributed by atoms with Crippen molar-refractivity contribution >= 4 is 0 Å². The predicted molar refractivity (Wildman–Crippen MR) is 81.7 cm³/mol. The van der Waals surface area contributed by atoms with Crippen LogP contribution in [-0.2, 0) is 0 Å². The first-order valence-electron chi connectivity index (χ1n) is 7.54. The second-order valence-corrected chi connectivity index (χ2v) is 7.09. The highest BCUT2D eigenvalue weighted by Crippen LogP contribution is 2.40. The van der Waals surface area contributed by atoms with Crippen LogP contribution in [0, 0.1) is 5.41 Å². The topological polar surface area (TPSA) is 52.5 Å². The van der Waals surface area contributed by atoms with Gasteiger partial charge in [0, 0.05) is 12.6 Å². The van der Waals surface area contributed by atoms with Crippen LogP contribution in [0.15, 0.2) is 24.3 Å². The fourth-order valence-corrected chi connectivity index (χ4v) is 2.82. The van der Waals surface area contributed by atoms with Crippen molar-refractivity contribution < 1.29 is 10.2 Å². The highest BCUT2D eigenvalue weighted by molar-refractivity contribution is 5.29. The van der Waals surface area contributed by atoms with E-state index in [0.717, 1.165) is 31.2 Å². The summed E-state index contributed by atoms with van der Waals surface area (Å²) >= 11 is 0. The lowest BCUT2D eigenvalue weighted by atomic mass is 9.71. The van der Waals surface area contributed by atoms with Crippen molar-refractivity contribution in [2.24, 2.45) is 5.41 Å². The number of benzene rings is 1. The van der Waals surface area contributed by atoms with E-state index in [1.54, 1.807) is 12.1 Å². The lowest BCUT2D eigenvalue weighted by Gasteiger charge is -2.40. The molecule has 1 aliphatic rings. The summed E-state index contributed by atoms with van der Waals surface area (Å²) in [6.07, 6.45) is 3.87. The van der Waals surface area contributed by atoms with Gasteiger partial charge in [0.05, 0.1) is 5.60 Å². The molecule has 0 aliphatic heterocycles. The number of hydrogen-bond acceptors (Lipinski definition) is 3. The first-order valence-corrected chi connectivity index (χ1v) is 7.54. The minimum atomic E-state index is -0.583. The maximum atomic E-state index is 10.6. The van der Waals surface area contributed by atoms with Crippen LogP contribution in [0.1, 0.15) is 58.1 Å². The smallest absolute Gasteiger partial charge is 0.115 e. The average Bonchev–Trinajstić information content (AvgIpc) is 2.40. The Bertz CT molecular complexity index is 446. The second-order valence-electron chi connectivity index (χ2n) is 7.09. The Hall–Kier alpha value is -1.06. The zero-order valence-electron chi connectivity index (χ0n) is 12.8. The molecule has 112 valence electrons. The fraction of sp³-hybridized carbons (Fsp3) is 0.647. The second kappa shape index (κ2) is 5.74. The van der Waals surface area contributed by atoms with Gasteiger partial charge in [-0.3, -0.25) is 0 Å². The molecule has 3 heteroatoms. The SMILES string of the molecule is CC(NCC1(O)CCC(C)(C)CC1)c1cccc(O)c1. The molecule has 0 amide bonds. The Kier molecular flexibility index (Phi) is 4.40. The largest absolute Gasteiger partial charge is 0.508 e. The van der Waals surface area contributed by atoms with Gasteiger partial charge in [0.1, 0.15) is 5.75 Å². The highest BCUT2D eigenvalue weighted by Gasteiger charge is 2.36. The summed E-state index contributed by atoms with van der Waals surface area (Å²) in [5, 5.41) is 23.6. The molecule has 1 aliphatic carbocycles. The third-order valence-corrected chi connectivity index (χ3v) is 4.64. The molecular formula is C17H27NO2. The zero-order valence-corrected chi connectivity index (χ0v) is 12.8. The van der Waals surface area contributed by atoms with Crippen molar-refractivity contribution in [3.63, 3.8) is 0 Å². The van der Waals surface area contributed by atoms with Gasteiger partial charge < -0.3 is 15.5 Å². The first kappa shape index (κ1) is 15.3. The Morgan fingerprint density at radius 3 is 2.45 bits per heavy atom. The standard InChI is InChI=1S/C17H27NO2/c1-13(14-5-4-6-15(19)11-14)18-12-17(20)9-7-16(2,3)8-10-17/h4-6,11,13,18-20H,7-10,12H2,1-3H3. The van der Waals surface area contributed by atoms with E-state index in [1.165, 1.54) is 0 Å². The van der Waals surface area contributed by atoms with Crippen molar-refractivity contribution in [2.45, 2.75) is 58.1 Å². The van der Waals surface area contributed by atoms with Gasteiger partial charge >= 0.3 is 0 Å². The van der Waals surface area contributed by atoms with Gasteiger partial charge in [0.25, 0.3) is 0 Å². The van der Waals surface area contributed by atoms with Gasteiger partial charge in [-0.25, -0.2) is 0 Å². The molecule has 2 rings (SSSR count). The predicted octanol–water partition coefficient (Wildman–Crippen LogP) is 3.37. The number of rotatable bonds is 4. The number of aromatic hydroxyl groups is 1. The van der Waals surface area contributed by atoms with E-state index in [0.29, 0.717) is 12.0 Å². The van der Waals surface area contributed by atoms with E-state index in [9.17, 15) is 10.2 Å².